The third-order valence-corrected chi connectivity index (χ3v) is 2.77. The van der Waals surface area contributed by atoms with Crippen LogP contribution in [-0.2, 0) is 6.61 Å². The number of hydrogen-bond acceptors (Lipinski definition) is 5. The Balaban J connectivity index is 2.39. The van der Waals surface area contributed by atoms with Gasteiger partial charge in [-0.3, -0.25) is 10.1 Å². The number of nitro benzene ring substituents is 1. The lowest BCUT2D eigenvalue weighted by Crippen LogP contribution is -2.03. The highest BCUT2D eigenvalue weighted by molar-refractivity contribution is 5.92. The van der Waals surface area contributed by atoms with Crippen molar-refractivity contribution in [3.05, 3.63) is 63.7 Å². The molecule has 7 heteroatoms. The van der Waals surface area contributed by atoms with Crippen molar-refractivity contribution < 1.29 is 24.7 Å². The van der Waals surface area contributed by atoms with E-state index in [1.165, 1.54) is 6.07 Å². The molecule has 2 aromatic carbocycles. The maximum absolute atomic E-state index is 11.1. The standard InChI is InChI=1S/C14H11NO6/c16-8-9-3-1-2-4-13(9)21-10-5-6-12(15(19)20)11(7-10)14(17)18/h1-7,16H,8H2,(H,17,18). The summed E-state index contributed by atoms with van der Waals surface area (Å²) in [5.74, 6) is -0.924. The fourth-order valence-electron chi connectivity index (χ4n) is 1.77. The van der Waals surface area contributed by atoms with Crippen molar-refractivity contribution in [2.75, 3.05) is 0 Å². The van der Waals surface area contributed by atoms with Crippen LogP contribution < -0.4 is 4.74 Å². The van der Waals surface area contributed by atoms with Gasteiger partial charge < -0.3 is 14.9 Å². The lowest BCUT2D eigenvalue weighted by Gasteiger charge is -2.10. The number of nitro groups is 1. The molecular formula is C14H11NO6. The molecule has 0 heterocycles. The van der Waals surface area contributed by atoms with E-state index in [0.717, 1.165) is 12.1 Å². The number of rotatable bonds is 5. The Kier molecular flexibility index (Phi) is 4.15. The molecule has 7 nitrogen and oxygen atoms in total. The quantitative estimate of drug-likeness (QED) is 0.646. The number of para-hydroxylation sites is 1. The van der Waals surface area contributed by atoms with Gasteiger partial charge in [-0.05, 0) is 12.1 Å². The van der Waals surface area contributed by atoms with Gasteiger partial charge in [0, 0.05) is 17.7 Å². The molecular weight excluding hydrogens is 278 g/mol. The molecule has 0 atom stereocenters. The summed E-state index contributed by atoms with van der Waals surface area (Å²) in [5, 5.41) is 29.0. The van der Waals surface area contributed by atoms with Crippen LogP contribution in [0, 0.1) is 10.1 Å². The minimum atomic E-state index is -1.41. The Morgan fingerprint density at radius 2 is 1.95 bits per heavy atom. The number of aliphatic hydroxyl groups is 1. The zero-order valence-corrected chi connectivity index (χ0v) is 10.7. The number of carboxylic acid groups (broad SMARTS) is 1. The molecule has 0 amide bonds. The van der Waals surface area contributed by atoms with Gasteiger partial charge in [-0.1, -0.05) is 18.2 Å². The van der Waals surface area contributed by atoms with Crippen LogP contribution >= 0.6 is 0 Å². The highest BCUT2D eigenvalue weighted by Crippen LogP contribution is 2.29. The van der Waals surface area contributed by atoms with Gasteiger partial charge in [0.15, 0.2) is 0 Å². The molecule has 0 bridgehead atoms. The minimum Gasteiger partial charge on any atom is -0.477 e. The summed E-state index contributed by atoms with van der Waals surface area (Å²) < 4.78 is 5.48. The second-order valence-electron chi connectivity index (χ2n) is 4.11. The summed E-state index contributed by atoms with van der Waals surface area (Å²) in [5.41, 5.74) is -0.447. The molecule has 0 radical (unpaired) electrons. The third-order valence-electron chi connectivity index (χ3n) is 2.77. The van der Waals surface area contributed by atoms with Crippen LogP contribution in [0.15, 0.2) is 42.5 Å². The Morgan fingerprint density at radius 3 is 2.57 bits per heavy atom. The monoisotopic (exact) mass is 289 g/mol. The zero-order chi connectivity index (χ0) is 15.4. The normalized spacial score (nSPS) is 10.1. The Bertz CT molecular complexity index is 698. The number of hydrogen-bond donors (Lipinski definition) is 2. The maximum Gasteiger partial charge on any atom is 0.342 e. The average Bonchev–Trinajstić information content (AvgIpc) is 2.47. The first kappa shape index (κ1) is 14.5. The highest BCUT2D eigenvalue weighted by atomic mass is 16.6. The molecule has 2 rings (SSSR count). The molecule has 0 fully saturated rings. The Labute approximate surface area is 119 Å². The van der Waals surface area contributed by atoms with Crippen LogP contribution in [-0.4, -0.2) is 21.1 Å². The Hall–Kier alpha value is -2.93. The molecule has 0 aliphatic carbocycles. The number of aromatic carboxylic acids is 1. The van der Waals surface area contributed by atoms with Gasteiger partial charge in [0.05, 0.1) is 11.5 Å². The van der Waals surface area contributed by atoms with Crippen molar-refractivity contribution in [2.24, 2.45) is 0 Å². The summed E-state index contributed by atoms with van der Waals surface area (Å²) >= 11 is 0. The number of nitrogens with zero attached hydrogens (tertiary/aromatic N) is 1. The molecule has 0 spiro atoms. The van der Waals surface area contributed by atoms with E-state index < -0.39 is 22.1 Å². The van der Waals surface area contributed by atoms with Gasteiger partial charge in [0.2, 0.25) is 0 Å². The molecule has 2 N–H and O–H groups in total. The average molecular weight is 289 g/mol. The molecule has 0 saturated carbocycles. The molecule has 0 aliphatic rings. The zero-order valence-electron chi connectivity index (χ0n) is 10.7. The van der Waals surface area contributed by atoms with Crippen molar-refractivity contribution in [1.82, 2.24) is 0 Å². The summed E-state index contributed by atoms with van der Waals surface area (Å²) in [7, 11) is 0. The van der Waals surface area contributed by atoms with Crippen LogP contribution in [0.3, 0.4) is 0 Å². The maximum atomic E-state index is 11.1. The van der Waals surface area contributed by atoms with E-state index in [-0.39, 0.29) is 12.4 Å². The lowest BCUT2D eigenvalue weighted by molar-refractivity contribution is -0.385. The van der Waals surface area contributed by atoms with Gasteiger partial charge in [-0.25, -0.2) is 4.79 Å². The second-order valence-corrected chi connectivity index (χ2v) is 4.11. The number of benzene rings is 2. The topological polar surface area (TPSA) is 110 Å². The van der Waals surface area contributed by atoms with Crippen molar-refractivity contribution in [3.8, 4) is 11.5 Å². The lowest BCUT2D eigenvalue weighted by atomic mass is 10.1. The van der Waals surface area contributed by atoms with E-state index in [4.69, 9.17) is 9.84 Å². The highest BCUT2D eigenvalue weighted by Gasteiger charge is 2.20. The molecule has 0 aliphatic heterocycles. The van der Waals surface area contributed by atoms with Gasteiger partial charge >= 0.3 is 5.97 Å². The first-order valence-corrected chi connectivity index (χ1v) is 5.91. The SMILES string of the molecule is O=C(O)c1cc(Oc2ccccc2CO)ccc1[N+](=O)[O-]. The van der Waals surface area contributed by atoms with Crippen LogP contribution in [0.5, 0.6) is 11.5 Å². The van der Waals surface area contributed by atoms with Crippen molar-refractivity contribution >= 4 is 11.7 Å². The largest absolute Gasteiger partial charge is 0.477 e. The van der Waals surface area contributed by atoms with Gasteiger partial charge in [0.25, 0.3) is 5.69 Å². The first-order valence-electron chi connectivity index (χ1n) is 5.91. The molecule has 0 unspecified atom stereocenters. The molecule has 21 heavy (non-hydrogen) atoms. The molecule has 2 aromatic rings. The predicted molar refractivity (Wildman–Crippen MR) is 72.5 cm³/mol. The van der Waals surface area contributed by atoms with E-state index in [2.05, 4.69) is 0 Å². The van der Waals surface area contributed by atoms with Gasteiger partial charge in [-0.15, -0.1) is 0 Å². The van der Waals surface area contributed by atoms with Crippen LogP contribution in [0.4, 0.5) is 5.69 Å². The molecule has 0 aromatic heterocycles. The molecule has 108 valence electrons. The number of carbonyl (C=O) groups is 1. The fourth-order valence-corrected chi connectivity index (χ4v) is 1.77. The summed E-state index contributed by atoms with van der Waals surface area (Å²) in [4.78, 5) is 21.0. The van der Waals surface area contributed by atoms with Crippen LogP contribution in [0.25, 0.3) is 0 Å². The smallest absolute Gasteiger partial charge is 0.342 e. The fraction of sp³-hybridized carbons (Fsp3) is 0.0714. The number of aliphatic hydroxyl groups excluding tert-OH is 1. The van der Waals surface area contributed by atoms with E-state index in [1.54, 1.807) is 24.3 Å². The third kappa shape index (κ3) is 3.15. The van der Waals surface area contributed by atoms with E-state index in [9.17, 15) is 20.0 Å². The van der Waals surface area contributed by atoms with Crippen LogP contribution in [0.2, 0.25) is 0 Å². The van der Waals surface area contributed by atoms with Crippen molar-refractivity contribution in [1.29, 1.82) is 0 Å². The predicted octanol–water partition coefficient (Wildman–Crippen LogP) is 2.58. The first-order chi connectivity index (χ1) is 10.0. The molecule has 0 saturated heterocycles. The number of ether oxygens (including phenoxy) is 1. The summed E-state index contributed by atoms with van der Waals surface area (Å²) in [6.45, 7) is -0.241. The van der Waals surface area contributed by atoms with E-state index in [1.807, 2.05) is 0 Å². The van der Waals surface area contributed by atoms with Crippen LogP contribution in [0.1, 0.15) is 15.9 Å². The summed E-state index contributed by atoms with van der Waals surface area (Å²) in [6.07, 6.45) is 0. The van der Waals surface area contributed by atoms with Crippen molar-refractivity contribution in [3.63, 3.8) is 0 Å². The Morgan fingerprint density at radius 1 is 1.24 bits per heavy atom. The summed E-state index contributed by atoms with van der Waals surface area (Å²) in [6, 6.07) is 10.1. The van der Waals surface area contributed by atoms with Gasteiger partial charge in [0.1, 0.15) is 17.1 Å². The van der Waals surface area contributed by atoms with E-state index >= 15 is 0 Å². The second kappa shape index (κ2) is 6.02. The van der Waals surface area contributed by atoms with Gasteiger partial charge in [-0.2, -0.15) is 0 Å². The van der Waals surface area contributed by atoms with E-state index in [0.29, 0.717) is 11.3 Å². The minimum absolute atomic E-state index is 0.138. The van der Waals surface area contributed by atoms with Crippen molar-refractivity contribution in [2.45, 2.75) is 6.61 Å². The number of carboxylic acids is 1.